The highest BCUT2D eigenvalue weighted by molar-refractivity contribution is 5.93. The van der Waals surface area contributed by atoms with Crippen LogP contribution < -0.4 is 15.4 Å². The molecule has 2 N–H and O–H groups in total. The van der Waals surface area contributed by atoms with E-state index in [-0.39, 0.29) is 17.4 Å². The summed E-state index contributed by atoms with van der Waals surface area (Å²) in [7, 11) is 0. The maximum Gasteiger partial charge on any atom is 0.387 e. The van der Waals surface area contributed by atoms with E-state index in [1.807, 2.05) is 0 Å². The number of nitrogens with one attached hydrogen (secondary N) is 2. The molecule has 24 heavy (non-hydrogen) atoms. The van der Waals surface area contributed by atoms with E-state index in [2.05, 4.69) is 25.7 Å². The van der Waals surface area contributed by atoms with Crippen molar-refractivity contribution >= 4 is 5.91 Å². The number of benzene rings is 1. The molecule has 0 bridgehead atoms. The molecule has 1 fully saturated rings. The maximum absolute atomic E-state index is 12.2. The molecular formula is C15H17F2N5O2. The third kappa shape index (κ3) is 3.51. The Labute approximate surface area is 137 Å². The molecule has 7 nitrogen and oxygen atoms in total. The van der Waals surface area contributed by atoms with E-state index in [0.29, 0.717) is 23.8 Å². The molecule has 1 aliphatic rings. The Morgan fingerprint density at radius 1 is 1.42 bits per heavy atom. The smallest absolute Gasteiger partial charge is 0.387 e. The maximum atomic E-state index is 12.2. The molecule has 1 aliphatic heterocycles. The van der Waals surface area contributed by atoms with Crippen LogP contribution in [0.1, 0.15) is 16.2 Å². The van der Waals surface area contributed by atoms with Crippen LogP contribution in [-0.2, 0) is 0 Å². The number of amides is 1. The number of halogens is 2. The first-order valence-corrected chi connectivity index (χ1v) is 7.51. The molecule has 9 heteroatoms. The molecule has 0 saturated carbocycles. The molecule has 1 amide bonds. The lowest BCUT2D eigenvalue weighted by molar-refractivity contribution is -0.0498. The average molecular weight is 337 g/mol. The van der Waals surface area contributed by atoms with E-state index in [1.165, 1.54) is 16.8 Å². The number of carbonyl (C=O) groups is 1. The number of nitrogens with zero attached hydrogens (tertiary/aromatic N) is 3. The lowest BCUT2D eigenvalue weighted by Gasteiger charge is -2.26. The van der Waals surface area contributed by atoms with E-state index in [9.17, 15) is 13.6 Å². The van der Waals surface area contributed by atoms with Gasteiger partial charge in [-0.3, -0.25) is 4.79 Å². The number of alkyl halides is 2. The van der Waals surface area contributed by atoms with E-state index in [1.54, 1.807) is 19.1 Å². The first-order valence-electron chi connectivity index (χ1n) is 7.51. The van der Waals surface area contributed by atoms with Gasteiger partial charge in [0.1, 0.15) is 5.75 Å². The molecule has 0 aliphatic carbocycles. The van der Waals surface area contributed by atoms with Gasteiger partial charge in [-0.2, -0.15) is 8.78 Å². The van der Waals surface area contributed by atoms with Crippen molar-refractivity contribution in [3.63, 3.8) is 0 Å². The zero-order chi connectivity index (χ0) is 17.1. The van der Waals surface area contributed by atoms with Crippen LogP contribution >= 0.6 is 0 Å². The molecule has 2 aromatic rings. The molecule has 0 unspecified atom stereocenters. The Balaban J connectivity index is 1.70. The number of hydrogen-bond acceptors (Lipinski definition) is 5. The number of ether oxygens (including phenoxy) is 1. The summed E-state index contributed by atoms with van der Waals surface area (Å²) in [4.78, 5) is 12.2. The minimum Gasteiger partial charge on any atom is -0.435 e. The number of aromatic nitrogens is 3. The highest BCUT2D eigenvalue weighted by atomic mass is 19.3. The number of hydrogen-bond donors (Lipinski definition) is 2. The van der Waals surface area contributed by atoms with Crippen molar-refractivity contribution in [2.45, 2.75) is 13.5 Å². The van der Waals surface area contributed by atoms with E-state index in [0.717, 1.165) is 13.1 Å². The summed E-state index contributed by atoms with van der Waals surface area (Å²) < 4.78 is 30.1. The minimum atomic E-state index is -2.87. The van der Waals surface area contributed by atoms with Crippen LogP contribution in [-0.4, -0.2) is 47.1 Å². The molecule has 3 rings (SSSR count). The van der Waals surface area contributed by atoms with Crippen LogP contribution in [0.25, 0.3) is 5.69 Å². The van der Waals surface area contributed by atoms with Crippen LogP contribution in [0, 0.1) is 12.8 Å². The molecule has 0 radical (unpaired) electrons. The third-order valence-electron chi connectivity index (χ3n) is 3.83. The topological polar surface area (TPSA) is 81.1 Å². The number of rotatable bonds is 6. The zero-order valence-corrected chi connectivity index (χ0v) is 13.0. The van der Waals surface area contributed by atoms with Crippen molar-refractivity contribution in [1.29, 1.82) is 0 Å². The third-order valence-corrected chi connectivity index (χ3v) is 3.83. The normalized spacial score (nSPS) is 14.5. The van der Waals surface area contributed by atoms with Gasteiger partial charge >= 0.3 is 6.61 Å². The molecule has 1 aromatic heterocycles. The highest BCUT2D eigenvalue weighted by Crippen LogP contribution is 2.18. The summed E-state index contributed by atoms with van der Waals surface area (Å²) in [6.45, 7) is 1.25. The second-order valence-corrected chi connectivity index (χ2v) is 5.54. The van der Waals surface area contributed by atoms with E-state index in [4.69, 9.17) is 0 Å². The van der Waals surface area contributed by atoms with E-state index >= 15 is 0 Å². The van der Waals surface area contributed by atoms with Crippen LogP contribution in [0.2, 0.25) is 0 Å². The molecular weight excluding hydrogens is 320 g/mol. The fraction of sp³-hybridized carbons (Fsp3) is 0.400. The monoisotopic (exact) mass is 337 g/mol. The van der Waals surface area contributed by atoms with E-state index < -0.39 is 6.61 Å². The predicted octanol–water partition coefficient (Wildman–Crippen LogP) is 1.13. The quantitative estimate of drug-likeness (QED) is 0.826. The fourth-order valence-electron chi connectivity index (χ4n) is 2.37. The summed E-state index contributed by atoms with van der Waals surface area (Å²) in [5.41, 5.74) is 1.42. The largest absolute Gasteiger partial charge is 0.435 e. The molecule has 1 saturated heterocycles. The lowest BCUT2D eigenvalue weighted by atomic mass is 10.0. The Morgan fingerprint density at radius 2 is 2.12 bits per heavy atom. The number of carbonyl (C=O) groups excluding carboxylic acids is 1. The Bertz CT molecular complexity index is 713. The van der Waals surface area contributed by atoms with Gasteiger partial charge in [0.2, 0.25) is 0 Å². The first kappa shape index (κ1) is 16.3. The molecule has 128 valence electrons. The molecule has 2 heterocycles. The van der Waals surface area contributed by atoms with Gasteiger partial charge < -0.3 is 15.4 Å². The van der Waals surface area contributed by atoms with Gasteiger partial charge in [-0.1, -0.05) is 5.21 Å². The van der Waals surface area contributed by atoms with Crippen molar-refractivity contribution in [3.05, 3.63) is 35.7 Å². The van der Waals surface area contributed by atoms with Gasteiger partial charge in [0.25, 0.3) is 5.91 Å². The van der Waals surface area contributed by atoms with Gasteiger partial charge in [0.15, 0.2) is 5.69 Å². The van der Waals surface area contributed by atoms with Gasteiger partial charge in [0.05, 0.1) is 11.4 Å². The second-order valence-electron chi connectivity index (χ2n) is 5.54. The average Bonchev–Trinajstić information content (AvgIpc) is 2.87. The Kier molecular flexibility index (Phi) is 4.70. The van der Waals surface area contributed by atoms with Crippen LogP contribution in [0.4, 0.5) is 8.78 Å². The first-order chi connectivity index (χ1) is 11.5. The minimum absolute atomic E-state index is 0.0543. The van der Waals surface area contributed by atoms with Crippen molar-refractivity contribution in [2.24, 2.45) is 5.92 Å². The SMILES string of the molecule is Cc1c(C(=O)NCC2CNC2)nnn1-c1ccc(OC(F)F)cc1. The van der Waals surface area contributed by atoms with Crippen molar-refractivity contribution in [1.82, 2.24) is 25.6 Å². The van der Waals surface area contributed by atoms with Crippen LogP contribution in [0.15, 0.2) is 24.3 Å². The highest BCUT2D eigenvalue weighted by Gasteiger charge is 2.21. The summed E-state index contributed by atoms with van der Waals surface area (Å²) in [6, 6.07) is 5.96. The van der Waals surface area contributed by atoms with Crippen molar-refractivity contribution in [3.8, 4) is 11.4 Å². The van der Waals surface area contributed by atoms with Crippen LogP contribution in [0.3, 0.4) is 0 Å². The predicted molar refractivity (Wildman–Crippen MR) is 81.4 cm³/mol. The summed E-state index contributed by atoms with van der Waals surface area (Å²) in [6.07, 6.45) is 0. The summed E-state index contributed by atoms with van der Waals surface area (Å²) in [5, 5.41) is 13.9. The molecule has 0 atom stereocenters. The second kappa shape index (κ2) is 6.91. The summed E-state index contributed by atoms with van der Waals surface area (Å²) in [5.74, 6) is 0.230. The van der Waals surface area contributed by atoms with Gasteiger partial charge in [0, 0.05) is 25.6 Å². The lowest BCUT2D eigenvalue weighted by Crippen LogP contribution is -2.48. The van der Waals surface area contributed by atoms with Gasteiger partial charge in [-0.25, -0.2) is 4.68 Å². The van der Waals surface area contributed by atoms with Gasteiger partial charge in [-0.05, 0) is 31.2 Å². The fourth-order valence-corrected chi connectivity index (χ4v) is 2.37. The van der Waals surface area contributed by atoms with Crippen molar-refractivity contribution < 1.29 is 18.3 Å². The van der Waals surface area contributed by atoms with Crippen LogP contribution in [0.5, 0.6) is 5.75 Å². The summed E-state index contributed by atoms with van der Waals surface area (Å²) >= 11 is 0. The van der Waals surface area contributed by atoms with Gasteiger partial charge in [-0.15, -0.1) is 5.10 Å². The standard InChI is InChI=1S/C15H17F2N5O2/c1-9-13(14(23)19-8-10-6-18-7-10)20-21-22(9)11-2-4-12(5-3-11)24-15(16)17/h2-5,10,15,18H,6-8H2,1H3,(H,19,23). The Morgan fingerprint density at radius 3 is 2.71 bits per heavy atom. The Hall–Kier alpha value is -2.55. The zero-order valence-electron chi connectivity index (χ0n) is 13.0. The van der Waals surface area contributed by atoms with Crippen molar-refractivity contribution in [2.75, 3.05) is 19.6 Å². The molecule has 1 aromatic carbocycles. The molecule has 0 spiro atoms.